The normalized spacial score (nSPS) is 20.3. The van der Waals surface area contributed by atoms with Crippen LogP contribution in [0.15, 0.2) is 29.2 Å². The Morgan fingerprint density at radius 1 is 1.17 bits per heavy atom. The minimum Gasteiger partial charge on any atom is -0.455 e. The van der Waals surface area contributed by atoms with Crippen molar-refractivity contribution < 1.29 is 31.2 Å². The van der Waals surface area contributed by atoms with Crippen molar-refractivity contribution in [2.24, 2.45) is 0 Å². The molecule has 3 rings (SSSR count). The molecule has 1 atom stereocenters. The molecule has 1 heterocycles. The van der Waals surface area contributed by atoms with Gasteiger partial charge < -0.3 is 9.64 Å². The third kappa shape index (κ3) is 5.56. The van der Waals surface area contributed by atoms with E-state index in [-0.39, 0.29) is 22.4 Å². The number of sulfonamides is 1. The number of amides is 1. The van der Waals surface area contributed by atoms with E-state index < -0.39 is 50.9 Å². The van der Waals surface area contributed by atoms with E-state index in [1.165, 1.54) is 29.2 Å². The number of hydrogen-bond acceptors (Lipinski definition) is 8. The fourth-order valence-corrected chi connectivity index (χ4v) is 5.95. The van der Waals surface area contributed by atoms with Crippen molar-refractivity contribution in [3.05, 3.63) is 29.8 Å². The lowest BCUT2D eigenvalue weighted by atomic mass is 10.2. The van der Waals surface area contributed by atoms with E-state index in [1.807, 2.05) is 6.07 Å². The first-order valence-electron chi connectivity index (χ1n) is 9.28. The van der Waals surface area contributed by atoms with Gasteiger partial charge in [0.2, 0.25) is 10.0 Å². The SMILES string of the molecule is N#Cc1ccc(S(=O)(=O)NCC(=O)OCC(=O)N(C2CC2)C2CCS(=O)(=O)C2)cc1. The molecule has 0 bridgehead atoms. The van der Waals surface area contributed by atoms with Crippen LogP contribution in [0.1, 0.15) is 24.8 Å². The largest absolute Gasteiger partial charge is 0.455 e. The summed E-state index contributed by atoms with van der Waals surface area (Å²) in [5, 5.41) is 8.75. The molecule has 0 spiro atoms. The first-order valence-corrected chi connectivity index (χ1v) is 12.6. The molecular weight excluding hydrogens is 434 g/mol. The lowest BCUT2D eigenvalue weighted by Crippen LogP contribution is -2.45. The van der Waals surface area contributed by atoms with Crippen molar-refractivity contribution in [1.82, 2.24) is 9.62 Å². The van der Waals surface area contributed by atoms with Crippen LogP contribution in [0.25, 0.3) is 0 Å². The van der Waals surface area contributed by atoms with E-state index >= 15 is 0 Å². The van der Waals surface area contributed by atoms with Crippen LogP contribution in [-0.4, -0.2) is 70.4 Å². The van der Waals surface area contributed by atoms with Gasteiger partial charge in [-0.15, -0.1) is 0 Å². The van der Waals surface area contributed by atoms with Crippen molar-refractivity contribution in [2.45, 2.75) is 36.2 Å². The van der Waals surface area contributed by atoms with Gasteiger partial charge in [-0.05, 0) is 43.5 Å². The molecule has 2 aliphatic rings. The quantitative estimate of drug-likeness (QED) is 0.518. The predicted octanol–water partition coefficient (Wildman–Crippen LogP) is -0.442. The molecule has 12 heteroatoms. The van der Waals surface area contributed by atoms with E-state index in [2.05, 4.69) is 4.72 Å². The lowest BCUT2D eigenvalue weighted by Gasteiger charge is -2.28. The highest BCUT2D eigenvalue weighted by Gasteiger charge is 2.42. The highest BCUT2D eigenvalue weighted by atomic mass is 32.2. The van der Waals surface area contributed by atoms with Gasteiger partial charge >= 0.3 is 5.97 Å². The topological polar surface area (TPSA) is 151 Å². The number of benzene rings is 1. The van der Waals surface area contributed by atoms with Gasteiger partial charge in [0.05, 0.1) is 28.0 Å². The third-order valence-corrected chi connectivity index (χ3v) is 8.05. The Balaban J connectivity index is 1.51. The molecule has 162 valence electrons. The van der Waals surface area contributed by atoms with Gasteiger partial charge in [0.15, 0.2) is 16.4 Å². The van der Waals surface area contributed by atoms with Gasteiger partial charge in [0, 0.05) is 12.1 Å². The predicted molar refractivity (Wildman–Crippen MR) is 104 cm³/mol. The second kappa shape index (κ2) is 8.71. The van der Waals surface area contributed by atoms with Crippen LogP contribution in [0, 0.1) is 11.3 Å². The molecule has 1 aromatic rings. The zero-order valence-electron chi connectivity index (χ0n) is 16.0. The smallest absolute Gasteiger partial charge is 0.321 e. The van der Waals surface area contributed by atoms with Crippen LogP contribution in [0.4, 0.5) is 0 Å². The molecule has 1 aromatic carbocycles. The highest BCUT2D eigenvalue weighted by Crippen LogP contribution is 2.32. The van der Waals surface area contributed by atoms with Gasteiger partial charge in [0.1, 0.15) is 6.54 Å². The summed E-state index contributed by atoms with van der Waals surface area (Å²) < 4.78 is 54.7. The molecule has 1 saturated heterocycles. The van der Waals surface area contributed by atoms with E-state index in [0.29, 0.717) is 12.0 Å². The van der Waals surface area contributed by atoms with E-state index in [4.69, 9.17) is 10.00 Å². The standard InChI is InChI=1S/C18H21N3O7S2/c19-9-13-1-5-16(6-2-13)30(26,27)20-10-18(23)28-11-17(22)21(14-3-4-14)15-7-8-29(24,25)12-15/h1-2,5-6,14-15,20H,3-4,7-8,10-12H2. The second-order valence-corrected chi connectivity index (χ2v) is 11.2. The van der Waals surface area contributed by atoms with Gasteiger partial charge in [-0.1, -0.05) is 0 Å². The molecule has 2 fully saturated rings. The van der Waals surface area contributed by atoms with Crippen LogP contribution in [0.5, 0.6) is 0 Å². The zero-order valence-corrected chi connectivity index (χ0v) is 17.6. The average Bonchev–Trinajstić information content (AvgIpc) is 3.47. The number of hydrogen-bond donors (Lipinski definition) is 1. The van der Waals surface area contributed by atoms with Crippen LogP contribution in [0.2, 0.25) is 0 Å². The van der Waals surface area contributed by atoms with Crippen molar-refractivity contribution in [3.8, 4) is 6.07 Å². The summed E-state index contributed by atoms with van der Waals surface area (Å²) in [5.41, 5.74) is 0.294. The maximum Gasteiger partial charge on any atom is 0.321 e. The van der Waals surface area contributed by atoms with Crippen LogP contribution < -0.4 is 4.72 Å². The van der Waals surface area contributed by atoms with E-state index in [9.17, 15) is 26.4 Å². The highest BCUT2D eigenvalue weighted by molar-refractivity contribution is 7.91. The van der Waals surface area contributed by atoms with Crippen molar-refractivity contribution in [3.63, 3.8) is 0 Å². The molecular formula is C18H21N3O7S2. The Bertz CT molecular complexity index is 1070. The monoisotopic (exact) mass is 455 g/mol. The third-order valence-electron chi connectivity index (χ3n) is 4.89. The zero-order chi connectivity index (χ0) is 21.9. The lowest BCUT2D eigenvalue weighted by molar-refractivity contribution is -0.152. The fraction of sp³-hybridized carbons (Fsp3) is 0.500. The summed E-state index contributed by atoms with van der Waals surface area (Å²) in [4.78, 5) is 25.8. The summed E-state index contributed by atoms with van der Waals surface area (Å²) in [6.45, 7) is -1.25. The number of carbonyl (C=O) groups is 2. The van der Waals surface area contributed by atoms with Gasteiger partial charge in [-0.3, -0.25) is 9.59 Å². The van der Waals surface area contributed by atoms with Crippen LogP contribution >= 0.6 is 0 Å². The molecule has 1 amide bonds. The fourth-order valence-electron chi connectivity index (χ4n) is 3.27. The summed E-state index contributed by atoms with van der Waals surface area (Å²) in [6.07, 6.45) is 1.92. The number of rotatable bonds is 8. The van der Waals surface area contributed by atoms with Gasteiger partial charge in [0.25, 0.3) is 5.91 Å². The Morgan fingerprint density at radius 3 is 2.37 bits per heavy atom. The average molecular weight is 456 g/mol. The Kier molecular flexibility index (Phi) is 6.44. The molecule has 0 aromatic heterocycles. The van der Waals surface area contributed by atoms with Crippen LogP contribution in [-0.2, 0) is 34.2 Å². The second-order valence-electron chi connectivity index (χ2n) is 7.21. The molecule has 10 nitrogen and oxygen atoms in total. The Morgan fingerprint density at radius 2 is 1.83 bits per heavy atom. The first kappa shape index (κ1) is 22.2. The molecule has 1 N–H and O–H groups in total. The number of nitriles is 1. The summed E-state index contributed by atoms with van der Waals surface area (Å²) in [5.74, 6) is -1.48. The minimum atomic E-state index is -3.99. The molecule has 1 saturated carbocycles. The number of ether oxygens (including phenoxy) is 1. The Hall–Kier alpha value is -2.49. The summed E-state index contributed by atoms with van der Waals surface area (Å²) in [7, 11) is -7.15. The Labute approximate surface area is 174 Å². The van der Waals surface area contributed by atoms with Gasteiger partial charge in [-0.2, -0.15) is 9.98 Å². The molecule has 0 radical (unpaired) electrons. The van der Waals surface area contributed by atoms with Crippen LogP contribution in [0.3, 0.4) is 0 Å². The van der Waals surface area contributed by atoms with Crippen molar-refractivity contribution in [2.75, 3.05) is 24.7 Å². The molecule has 1 aliphatic carbocycles. The van der Waals surface area contributed by atoms with Gasteiger partial charge in [-0.25, -0.2) is 16.8 Å². The maximum absolute atomic E-state index is 12.5. The minimum absolute atomic E-state index is 0.0328. The van der Waals surface area contributed by atoms with Crippen molar-refractivity contribution in [1.29, 1.82) is 5.26 Å². The first-order chi connectivity index (χ1) is 14.1. The summed E-state index contributed by atoms with van der Waals surface area (Å²) >= 11 is 0. The molecule has 1 aliphatic heterocycles. The molecule has 1 unspecified atom stereocenters. The van der Waals surface area contributed by atoms with Crippen molar-refractivity contribution >= 4 is 31.7 Å². The van der Waals surface area contributed by atoms with E-state index in [0.717, 1.165) is 12.8 Å². The molecule has 30 heavy (non-hydrogen) atoms. The maximum atomic E-state index is 12.5. The number of nitrogens with one attached hydrogen (secondary N) is 1. The number of nitrogens with zero attached hydrogens (tertiary/aromatic N) is 2. The van der Waals surface area contributed by atoms with E-state index in [1.54, 1.807) is 0 Å². The number of sulfone groups is 1. The summed E-state index contributed by atoms with van der Waals surface area (Å²) in [6, 6.07) is 6.56. The number of esters is 1. The number of carbonyl (C=O) groups excluding carboxylic acids is 2.